The van der Waals surface area contributed by atoms with E-state index in [-0.39, 0.29) is 12.4 Å². The number of rotatable bonds is 1. The highest BCUT2D eigenvalue weighted by molar-refractivity contribution is 5.92. The van der Waals surface area contributed by atoms with Crippen LogP contribution in [0, 0.1) is 0 Å². The van der Waals surface area contributed by atoms with Crippen molar-refractivity contribution in [1.29, 1.82) is 0 Å². The van der Waals surface area contributed by atoms with Crippen LogP contribution in [-0.4, -0.2) is 18.1 Å². The average Bonchev–Trinajstić information content (AvgIpc) is 2.74. The molecule has 0 spiro atoms. The van der Waals surface area contributed by atoms with Crippen molar-refractivity contribution in [3.63, 3.8) is 0 Å². The topological polar surface area (TPSA) is 19.0 Å². The third-order valence-corrected chi connectivity index (χ3v) is 3.26. The molecule has 0 bridgehead atoms. The summed E-state index contributed by atoms with van der Waals surface area (Å²) in [4.78, 5) is 5.85. The van der Waals surface area contributed by atoms with Gasteiger partial charge >= 0.3 is 0 Å². The van der Waals surface area contributed by atoms with Gasteiger partial charge in [-0.2, -0.15) is 0 Å². The van der Waals surface area contributed by atoms with Crippen LogP contribution in [0.15, 0.2) is 30.5 Å². The van der Waals surface area contributed by atoms with Gasteiger partial charge in [0.05, 0.1) is 5.69 Å². The van der Waals surface area contributed by atoms with Crippen molar-refractivity contribution in [1.82, 2.24) is 4.98 Å². The average molecular weight is 237 g/mol. The standard InChI is InChI=1S/C13H16N2.ClH/c1-4-8-15(9-5-1)13-10-14-12-7-3-2-6-11(12)13;/h2-3,6-7,10,14H,1,4-5,8-9H2;1H. The first-order valence-corrected chi connectivity index (χ1v) is 5.76. The summed E-state index contributed by atoms with van der Waals surface area (Å²) >= 11 is 0. The van der Waals surface area contributed by atoms with Gasteiger partial charge in [0.15, 0.2) is 0 Å². The predicted molar refractivity (Wildman–Crippen MR) is 71.6 cm³/mol. The first kappa shape index (κ1) is 11.3. The van der Waals surface area contributed by atoms with Gasteiger partial charge in [-0.15, -0.1) is 12.4 Å². The maximum atomic E-state index is 3.34. The van der Waals surface area contributed by atoms with Gasteiger partial charge in [0.2, 0.25) is 0 Å². The number of hydrogen-bond acceptors (Lipinski definition) is 1. The van der Waals surface area contributed by atoms with Crippen molar-refractivity contribution < 1.29 is 0 Å². The zero-order valence-electron chi connectivity index (χ0n) is 9.28. The molecule has 1 aliphatic heterocycles. The number of nitrogens with zero attached hydrogens (tertiary/aromatic N) is 1. The van der Waals surface area contributed by atoms with Gasteiger partial charge in [0, 0.05) is 30.2 Å². The Morgan fingerprint density at radius 2 is 1.75 bits per heavy atom. The van der Waals surface area contributed by atoms with Gasteiger partial charge in [-0.1, -0.05) is 18.2 Å². The fourth-order valence-corrected chi connectivity index (χ4v) is 2.45. The van der Waals surface area contributed by atoms with Crippen LogP contribution < -0.4 is 4.90 Å². The highest BCUT2D eigenvalue weighted by Gasteiger charge is 2.13. The summed E-state index contributed by atoms with van der Waals surface area (Å²) in [7, 11) is 0. The number of H-pyrrole nitrogens is 1. The number of hydrogen-bond donors (Lipinski definition) is 1. The molecular formula is C13H17ClN2. The van der Waals surface area contributed by atoms with Crippen molar-refractivity contribution in [2.24, 2.45) is 0 Å². The van der Waals surface area contributed by atoms with Crippen molar-refractivity contribution in [3.8, 4) is 0 Å². The molecule has 3 rings (SSSR count). The quantitative estimate of drug-likeness (QED) is 0.802. The summed E-state index contributed by atoms with van der Waals surface area (Å²) in [6.07, 6.45) is 6.20. The van der Waals surface area contributed by atoms with Crippen LogP contribution in [0.2, 0.25) is 0 Å². The number of nitrogens with one attached hydrogen (secondary N) is 1. The smallest absolute Gasteiger partial charge is 0.0623 e. The van der Waals surface area contributed by atoms with Crippen molar-refractivity contribution in [2.75, 3.05) is 18.0 Å². The van der Waals surface area contributed by atoms with E-state index < -0.39 is 0 Å². The highest BCUT2D eigenvalue weighted by atomic mass is 35.5. The highest BCUT2D eigenvalue weighted by Crippen LogP contribution is 2.28. The molecule has 3 heteroatoms. The molecule has 0 aliphatic carbocycles. The third-order valence-electron chi connectivity index (χ3n) is 3.26. The van der Waals surface area contributed by atoms with Crippen LogP contribution in [-0.2, 0) is 0 Å². The Morgan fingerprint density at radius 3 is 2.56 bits per heavy atom. The third kappa shape index (κ3) is 1.90. The van der Waals surface area contributed by atoms with Crippen molar-refractivity contribution >= 4 is 29.0 Å². The largest absolute Gasteiger partial charge is 0.370 e. The van der Waals surface area contributed by atoms with Crippen LogP contribution >= 0.6 is 12.4 Å². The number of anilines is 1. The van der Waals surface area contributed by atoms with E-state index in [0.29, 0.717) is 0 Å². The lowest BCUT2D eigenvalue weighted by molar-refractivity contribution is 0.579. The van der Waals surface area contributed by atoms with E-state index in [1.807, 2.05) is 0 Å². The maximum absolute atomic E-state index is 3.34. The van der Waals surface area contributed by atoms with Gasteiger partial charge in [0.25, 0.3) is 0 Å². The molecule has 0 saturated carbocycles. The molecule has 16 heavy (non-hydrogen) atoms. The number of aromatic nitrogens is 1. The molecule has 1 N–H and O–H groups in total. The van der Waals surface area contributed by atoms with Gasteiger partial charge in [-0.25, -0.2) is 0 Å². The monoisotopic (exact) mass is 236 g/mol. The maximum Gasteiger partial charge on any atom is 0.0623 e. The van der Waals surface area contributed by atoms with Gasteiger partial charge in [-0.05, 0) is 25.3 Å². The molecule has 1 saturated heterocycles. The predicted octanol–water partition coefficient (Wildman–Crippen LogP) is 3.58. The number of piperidine rings is 1. The fourth-order valence-electron chi connectivity index (χ4n) is 2.45. The molecule has 0 atom stereocenters. The molecule has 1 aromatic carbocycles. The van der Waals surface area contributed by atoms with Gasteiger partial charge in [-0.3, -0.25) is 0 Å². The van der Waals surface area contributed by atoms with Crippen LogP contribution in [0.1, 0.15) is 19.3 Å². The number of halogens is 1. The summed E-state index contributed by atoms with van der Waals surface area (Å²) in [5, 5.41) is 1.36. The van der Waals surface area contributed by atoms with Crippen LogP contribution in [0.5, 0.6) is 0 Å². The summed E-state index contributed by atoms with van der Waals surface area (Å²) in [6.45, 7) is 2.42. The summed E-state index contributed by atoms with van der Waals surface area (Å²) in [5.74, 6) is 0. The Bertz CT molecular complexity index is 458. The second-order valence-electron chi connectivity index (χ2n) is 4.27. The molecule has 2 heterocycles. The molecule has 0 unspecified atom stereocenters. The Morgan fingerprint density at radius 1 is 1.00 bits per heavy atom. The molecule has 0 amide bonds. The zero-order valence-corrected chi connectivity index (χ0v) is 10.1. The normalized spacial score (nSPS) is 16.1. The molecule has 2 nitrogen and oxygen atoms in total. The van der Waals surface area contributed by atoms with Crippen LogP contribution in [0.3, 0.4) is 0 Å². The second-order valence-corrected chi connectivity index (χ2v) is 4.27. The fraction of sp³-hybridized carbons (Fsp3) is 0.385. The molecule has 1 aromatic heterocycles. The Labute approximate surface area is 102 Å². The molecule has 1 aliphatic rings. The van der Waals surface area contributed by atoms with E-state index in [1.54, 1.807) is 0 Å². The molecular weight excluding hydrogens is 220 g/mol. The first-order valence-electron chi connectivity index (χ1n) is 5.76. The molecule has 0 radical (unpaired) electrons. The molecule has 1 fully saturated rings. The van der Waals surface area contributed by atoms with E-state index in [1.165, 1.54) is 48.9 Å². The lowest BCUT2D eigenvalue weighted by atomic mass is 10.1. The molecule has 2 aromatic rings. The molecule has 86 valence electrons. The number of aromatic amines is 1. The Kier molecular flexibility index (Phi) is 3.39. The Balaban J connectivity index is 0.000000963. The van der Waals surface area contributed by atoms with E-state index >= 15 is 0 Å². The van der Waals surface area contributed by atoms with E-state index in [0.717, 1.165) is 0 Å². The van der Waals surface area contributed by atoms with Crippen LogP contribution in [0.25, 0.3) is 10.9 Å². The second kappa shape index (κ2) is 4.79. The minimum atomic E-state index is 0. The van der Waals surface area contributed by atoms with E-state index in [4.69, 9.17) is 0 Å². The summed E-state index contributed by atoms with van der Waals surface area (Å²) in [5.41, 5.74) is 2.63. The Hall–Kier alpha value is -1.15. The SMILES string of the molecule is Cl.c1ccc2c(N3CCCCC3)c[nH]c2c1. The first-order chi connectivity index (χ1) is 7.45. The number of fused-ring (bicyclic) bond motifs is 1. The van der Waals surface area contributed by atoms with Crippen molar-refractivity contribution in [2.45, 2.75) is 19.3 Å². The van der Waals surface area contributed by atoms with E-state index in [9.17, 15) is 0 Å². The lowest BCUT2D eigenvalue weighted by Crippen LogP contribution is -2.29. The van der Waals surface area contributed by atoms with Crippen molar-refractivity contribution in [3.05, 3.63) is 30.5 Å². The zero-order chi connectivity index (χ0) is 10.1. The minimum absolute atomic E-state index is 0. The number of benzene rings is 1. The van der Waals surface area contributed by atoms with Gasteiger partial charge < -0.3 is 9.88 Å². The number of para-hydroxylation sites is 1. The summed E-state index contributed by atoms with van der Waals surface area (Å²) in [6, 6.07) is 8.54. The summed E-state index contributed by atoms with van der Waals surface area (Å²) < 4.78 is 0. The van der Waals surface area contributed by atoms with Crippen LogP contribution in [0.4, 0.5) is 5.69 Å². The minimum Gasteiger partial charge on any atom is -0.370 e. The van der Waals surface area contributed by atoms with E-state index in [2.05, 4.69) is 40.3 Å². The van der Waals surface area contributed by atoms with Gasteiger partial charge in [0.1, 0.15) is 0 Å². The lowest BCUT2D eigenvalue weighted by Gasteiger charge is -2.28.